The molecule has 1 saturated heterocycles. The van der Waals surface area contributed by atoms with Crippen LogP contribution in [-0.4, -0.2) is 18.0 Å². The Bertz CT molecular complexity index is 370. The van der Waals surface area contributed by atoms with E-state index < -0.39 is 0 Å². The summed E-state index contributed by atoms with van der Waals surface area (Å²) in [7, 11) is 0. The number of hydrogen-bond donors (Lipinski definition) is 1. The molecule has 1 fully saturated rings. The van der Waals surface area contributed by atoms with Crippen LogP contribution in [0.15, 0.2) is 18.2 Å². The van der Waals surface area contributed by atoms with E-state index in [1.165, 1.54) is 24.5 Å². The normalized spacial score (nSPS) is 18.5. The number of rotatable bonds is 3. The Labute approximate surface area is 103 Å². The molecule has 0 bridgehead atoms. The van der Waals surface area contributed by atoms with E-state index in [0.717, 1.165) is 31.1 Å². The number of nitrogens with two attached hydrogens (primary N) is 1. The van der Waals surface area contributed by atoms with Crippen molar-refractivity contribution in [2.75, 3.05) is 13.1 Å². The Hall–Kier alpha value is -0.930. The maximum absolute atomic E-state index is 13.1. The molecule has 0 unspecified atom stereocenters. The van der Waals surface area contributed by atoms with Crippen molar-refractivity contribution in [3.05, 3.63) is 35.1 Å². The van der Waals surface area contributed by atoms with Crippen molar-refractivity contribution in [3.63, 3.8) is 0 Å². The molecule has 0 spiro atoms. The summed E-state index contributed by atoms with van der Waals surface area (Å²) in [6.45, 7) is 5.91. The Morgan fingerprint density at radius 1 is 1.29 bits per heavy atom. The zero-order chi connectivity index (χ0) is 12.3. The van der Waals surface area contributed by atoms with E-state index in [1.807, 2.05) is 6.07 Å². The zero-order valence-corrected chi connectivity index (χ0v) is 10.5. The molecule has 0 aromatic heterocycles. The third-order valence-corrected chi connectivity index (χ3v) is 3.66. The summed E-state index contributed by atoms with van der Waals surface area (Å²) >= 11 is 0. The van der Waals surface area contributed by atoms with Crippen LogP contribution in [0.1, 0.15) is 30.9 Å². The minimum absolute atomic E-state index is 0.193. The molecule has 1 aliphatic rings. The van der Waals surface area contributed by atoms with E-state index in [2.05, 4.69) is 11.8 Å². The molecule has 1 heterocycles. The number of halogens is 1. The lowest BCUT2D eigenvalue weighted by Crippen LogP contribution is -2.32. The first-order chi connectivity index (χ1) is 8.19. The van der Waals surface area contributed by atoms with E-state index in [9.17, 15) is 4.39 Å². The summed E-state index contributed by atoms with van der Waals surface area (Å²) in [5, 5.41) is 0. The molecule has 0 amide bonds. The average Bonchev–Trinajstić information content (AvgIpc) is 2.34. The van der Waals surface area contributed by atoms with Crippen molar-refractivity contribution < 1.29 is 4.39 Å². The highest BCUT2D eigenvalue weighted by atomic mass is 19.1. The molecule has 17 heavy (non-hydrogen) atoms. The maximum atomic E-state index is 13.1. The van der Waals surface area contributed by atoms with Gasteiger partial charge in [0.1, 0.15) is 5.82 Å². The zero-order valence-electron chi connectivity index (χ0n) is 10.5. The first-order valence-electron chi connectivity index (χ1n) is 6.38. The van der Waals surface area contributed by atoms with Gasteiger partial charge in [-0.25, -0.2) is 4.39 Å². The first kappa shape index (κ1) is 12.5. The second-order valence-corrected chi connectivity index (χ2v) is 5.08. The van der Waals surface area contributed by atoms with Gasteiger partial charge in [-0.2, -0.15) is 0 Å². The smallest absolute Gasteiger partial charge is 0.123 e. The third-order valence-electron chi connectivity index (χ3n) is 3.66. The quantitative estimate of drug-likeness (QED) is 0.873. The fourth-order valence-electron chi connectivity index (χ4n) is 2.40. The third kappa shape index (κ3) is 3.27. The lowest BCUT2D eigenvalue weighted by Gasteiger charge is -2.30. The first-order valence-corrected chi connectivity index (χ1v) is 6.38. The minimum Gasteiger partial charge on any atom is -0.326 e. The van der Waals surface area contributed by atoms with Crippen molar-refractivity contribution in [3.8, 4) is 0 Å². The molecule has 94 valence electrons. The summed E-state index contributed by atoms with van der Waals surface area (Å²) in [4.78, 5) is 2.44. The second kappa shape index (κ2) is 5.61. The maximum Gasteiger partial charge on any atom is 0.123 e. The highest BCUT2D eigenvalue weighted by Gasteiger charge is 2.16. The molecule has 2 nitrogen and oxygen atoms in total. The van der Waals surface area contributed by atoms with Crippen molar-refractivity contribution in [2.45, 2.75) is 32.9 Å². The summed E-state index contributed by atoms with van der Waals surface area (Å²) in [5.41, 5.74) is 7.77. The van der Waals surface area contributed by atoms with Gasteiger partial charge in [0.05, 0.1) is 0 Å². The van der Waals surface area contributed by atoms with Gasteiger partial charge in [-0.05, 0) is 55.1 Å². The van der Waals surface area contributed by atoms with Crippen LogP contribution in [0.25, 0.3) is 0 Å². The molecule has 2 N–H and O–H groups in total. The van der Waals surface area contributed by atoms with Gasteiger partial charge in [0, 0.05) is 13.1 Å². The fraction of sp³-hybridized carbons (Fsp3) is 0.571. The molecule has 1 aliphatic heterocycles. The highest BCUT2D eigenvalue weighted by Crippen LogP contribution is 2.20. The summed E-state index contributed by atoms with van der Waals surface area (Å²) < 4.78 is 13.1. The van der Waals surface area contributed by atoms with E-state index in [1.54, 1.807) is 6.07 Å². The highest BCUT2D eigenvalue weighted by molar-refractivity contribution is 5.27. The van der Waals surface area contributed by atoms with Crippen LogP contribution in [0, 0.1) is 11.7 Å². The predicted octanol–water partition coefficient (Wildman–Crippen LogP) is 2.52. The largest absolute Gasteiger partial charge is 0.326 e. The number of benzene rings is 1. The van der Waals surface area contributed by atoms with Crippen LogP contribution < -0.4 is 5.73 Å². The minimum atomic E-state index is -0.193. The van der Waals surface area contributed by atoms with Gasteiger partial charge in [-0.1, -0.05) is 13.0 Å². The lowest BCUT2D eigenvalue weighted by molar-refractivity contribution is 0.185. The molecule has 3 heteroatoms. The topological polar surface area (TPSA) is 29.3 Å². The van der Waals surface area contributed by atoms with Crippen molar-refractivity contribution >= 4 is 0 Å². The van der Waals surface area contributed by atoms with Gasteiger partial charge in [-0.15, -0.1) is 0 Å². The van der Waals surface area contributed by atoms with Gasteiger partial charge < -0.3 is 5.73 Å². The Morgan fingerprint density at radius 2 is 2.00 bits per heavy atom. The van der Waals surface area contributed by atoms with Gasteiger partial charge in [0.25, 0.3) is 0 Å². The molecule has 1 aromatic rings. The Morgan fingerprint density at radius 3 is 2.65 bits per heavy atom. The molecular weight excluding hydrogens is 215 g/mol. The van der Waals surface area contributed by atoms with E-state index in [0.29, 0.717) is 6.54 Å². The van der Waals surface area contributed by atoms with Crippen LogP contribution in [0.2, 0.25) is 0 Å². The summed E-state index contributed by atoms with van der Waals surface area (Å²) in [5.74, 6) is 0.648. The SMILES string of the molecule is CC1CCN(Cc2ccc(F)cc2CN)CC1. The summed E-state index contributed by atoms with van der Waals surface area (Å²) in [6, 6.07) is 4.96. The molecule has 0 radical (unpaired) electrons. The lowest BCUT2D eigenvalue weighted by atomic mass is 9.98. The van der Waals surface area contributed by atoms with E-state index >= 15 is 0 Å². The Kier molecular flexibility index (Phi) is 4.13. The van der Waals surface area contributed by atoms with E-state index in [4.69, 9.17) is 5.73 Å². The van der Waals surface area contributed by atoms with Crippen molar-refractivity contribution in [2.24, 2.45) is 11.7 Å². The van der Waals surface area contributed by atoms with Crippen LogP contribution in [0.4, 0.5) is 4.39 Å². The van der Waals surface area contributed by atoms with Crippen LogP contribution in [-0.2, 0) is 13.1 Å². The second-order valence-electron chi connectivity index (χ2n) is 5.08. The predicted molar refractivity (Wildman–Crippen MR) is 68.0 cm³/mol. The van der Waals surface area contributed by atoms with Gasteiger partial charge in [-0.3, -0.25) is 4.90 Å². The van der Waals surface area contributed by atoms with E-state index in [-0.39, 0.29) is 5.82 Å². The number of hydrogen-bond acceptors (Lipinski definition) is 2. The Balaban J connectivity index is 2.03. The molecular formula is C14H21FN2. The fourth-order valence-corrected chi connectivity index (χ4v) is 2.40. The number of likely N-dealkylation sites (tertiary alicyclic amines) is 1. The van der Waals surface area contributed by atoms with Crippen LogP contribution >= 0.6 is 0 Å². The average molecular weight is 236 g/mol. The van der Waals surface area contributed by atoms with Gasteiger partial charge in [0.15, 0.2) is 0 Å². The van der Waals surface area contributed by atoms with Crippen molar-refractivity contribution in [1.82, 2.24) is 4.90 Å². The standard InChI is InChI=1S/C14H21FN2/c1-11-4-6-17(7-5-11)10-12-2-3-14(15)8-13(12)9-16/h2-3,8,11H,4-7,9-10,16H2,1H3. The molecule has 0 saturated carbocycles. The van der Waals surface area contributed by atoms with Gasteiger partial charge in [0.2, 0.25) is 0 Å². The summed E-state index contributed by atoms with van der Waals surface area (Å²) in [6.07, 6.45) is 2.53. The van der Waals surface area contributed by atoms with Crippen LogP contribution in [0.3, 0.4) is 0 Å². The van der Waals surface area contributed by atoms with Gasteiger partial charge >= 0.3 is 0 Å². The molecule has 0 aliphatic carbocycles. The van der Waals surface area contributed by atoms with Crippen molar-refractivity contribution in [1.29, 1.82) is 0 Å². The molecule has 1 aromatic carbocycles. The molecule has 2 rings (SSSR count). The molecule has 0 atom stereocenters. The monoisotopic (exact) mass is 236 g/mol. The van der Waals surface area contributed by atoms with Crippen LogP contribution in [0.5, 0.6) is 0 Å². The number of piperidine rings is 1. The number of nitrogens with zero attached hydrogens (tertiary/aromatic N) is 1.